The first-order valence-corrected chi connectivity index (χ1v) is 3.48. The highest BCUT2D eigenvalue weighted by atomic mass is 19.1. The SMILES string of the molecule is N#Cc1c(F)ccc2[nH]ccc12. The van der Waals surface area contributed by atoms with E-state index in [1.807, 2.05) is 6.07 Å². The average Bonchev–Trinajstić information content (AvgIpc) is 2.52. The number of hydrogen-bond acceptors (Lipinski definition) is 1. The van der Waals surface area contributed by atoms with E-state index in [1.54, 1.807) is 18.3 Å². The number of rotatable bonds is 0. The fourth-order valence-electron chi connectivity index (χ4n) is 1.22. The topological polar surface area (TPSA) is 39.6 Å². The Morgan fingerprint density at radius 1 is 1.33 bits per heavy atom. The van der Waals surface area contributed by atoms with Crippen molar-refractivity contribution < 1.29 is 4.39 Å². The van der Waals surface area contributed by atoms with Crippen molar-refractivity contribution >= 4 is 10.9 Å². The molecule has 1 heterocycles. The molecule has 3 heteroatoms. The highest BCUT2D eigenvalue weighted by molar-refractivity contribution is 5.85. The summed E-state index contributed by atoms with van der Waals surface area (Å²) in [6, 6.07) is 6.43. The fourth-order valence-corrected chi connectivity index (χ4v) is 1.22. The van der Waals surface area contributed by atoms with E-state index in [9.17, 15) is 4.39 Å². The Balaban J connectivity index is 2.94. The minimum absolute atomic E-state index is 0.105. The van der Waals surface area contributed by atoms with Crippen molar-refractivity contribution in [2.75, 3.05) is 0 Å². The van der Waals surface area contributed by atoms with Crippen molar-refractivity contribution in [3.8, 4) is 6.07 Å². The van der Waals surface area contributed by atoms with Gasteiger partial charge < -0.3 is 4.98 Å². The van der Waals surface area contributed by atoms with Gasteiger partial charge in [0.1, 0.15) is 11.9 Å². The lowest BCUT2D eigenvalue weighted by Gasteiger charge is -1.93. The molecule has 1 aromatic carbocycles. The van der Waals surface area contributed by atoms with Gasteiger partial charge in [0.05, 0.1) is 5.56 Å². The maximum Gasteiger partial charge on any atom is 0.141 e. The van der Waals surface area contributed by atoms with Gasteiger partial charge in [0.25, 0.3) is 0 Å². The van der Waals surface area contributed by atoms with Gasteiger partial charge in [0.15, 0.2) is 0 Å². The lowest BCUT2D eigenvalue weighted by atomic mass is 10.1. The third kappa shape index (κ3) is 0.785. The van der Waals surface area contributed by atoms with Crippen LogP contribution in [0.3, 0.4) is 0 Å². The third-order valence-corrected chi connectivity index (χ3v) is 1.80. The van der Waals surface area contributed by atoms with Crippen molar-refractivity contribution in [1.29, 1.82) is 5.26 Å². The number of H-pyrrole nitrogens is 1. The molecule has 1 N–H and O–H groups in total. The van der Waals surface area contributed by atoms with Crippen molar-refractivity contribution in [2.45, 2.75) is 0 Å². The summed E-state index contributed by atoms with van der Waals surface area (Å²) in [5.41, 5.74) is 0.890. The first-order valence-electron chi connectivity index (χ1n) is 3.48. The van der Waals surface area contributed by atoms with Gasteiger partial charge in [0.2, 0.25) is 0 Å². The molecular formula is C9H5FN2. The molecule has 0 aliphatic heterocycles. The normalized spacial score (nSPS) is 10.0. The highest BCUT2D eigenvalue weighted by Crippen LogP contribution is 2.19. The number of benzene rings is 1. The third-order valence-electron chi connectivity index (χ3n) is 1.80. The molecule has 12 heavy (non-hydrogen) atoms. The average molecular weight is 160 g/mol. The van der Waals surface area contributed by atoms with Crippen molar-refractivity contribution in [1.82, 2.24) is 4.98 Å². The lowest BCUT2D eigenvalue weighted by molar-refractivity contribution is 0.626. The lowest BCUT2D eigenvalue weighted by Crippen LogP contribution is -1.83. The Morgan fingerprint density at radius 2 is 2.17 bits per heavy atom. The highest BCUT2D eigenvalue weighted by Gasteiger charge is 2.06. The van der Waals surface area contributed by atoms with Crippen molar-refractivity contribution in [3.63, 3.8) is 0 Å². The number of aromatic nitrogens is 1. The zero-order chi connectivity index (χ0) is 8.55. The molecule has 0 aliphatic rings. The van der Waals surface area contributed by atoms with Crippen LogP contribution in [0.2, 0.25) is 0 Å². The van der Waals surface area contributed by atoms with Crippen LogP contribution in [0.5, 0.6) is 0 Å². The van der Waals surface area contributed by atoms with Gasteiger partial charge >= 0.3 is 0 Å². The van der Waals surface area contributed by atoms with E-state index in [0.29, 0.717) is 5.39 Å². The van der Waals surface area contributed by atoms with Gasteiger partial charge in [-0.3, -0.25) is 0 Å². The molecule has 0 atom stereocenters. The predicted octanol–water partition coefficient (Wildman–Crippen LogP) is 2.18. The van der Waals surface area contributed by atoms with E-state index >= 15 is 0 Å². The largest absolute Gasteiger partial charge is 0.361 e. The molecule has 0 fully saturated rings. The second kappa shape index (κ2) is 2.35. The Hall–Kier alpha value is -1.82. The number of nitriles is 1. The summed E-state index contributed by atoms with van der Waals surface area (Å²) in [7, 11) is 0. The van der Waals surface area contributed by atoms with Gasteiger partial charge in [-0.1, -0.05) is 0 Å². The maximum absolute atomic E-state index is 13.0. The predicted molar refractivity (Wildman–Crippen MR) is 43.0 cm³/mol. The van der Waals surface area contributed by atoms with Crippen LogP contribution in [0.1, 0.15) is 5.56 Å². The first-order chi connectivity index (χ1) is 5.83. The van der Waals surface area contributed by atoms with E-state index < -0.39 is 5.82 Å². The molecule has 2 rings (SSSR count). The summed E-state index contributed by atoms with van der Waals surface area (Å²) in [5.74, 6) is -0.468. The zero-order valence-electron chi connectivity index (χ0n) is 6.13. The zero-order valence-corrected chi connectivity index (χ0v) is 6.13. The minimum atomic E-state index is -0.468. The molecule has 0 saturated heterocycles. The quantitative estimate of drug-likeness (QED) is 0.630. The Labute approximate surface area is 68.2 Å². The smallest absolute Gasteiger partial charge is 0.141 e. The van der Waals surface area contributed by atoms with E-state index in [-0.39, 0.29) is 5.56 Å². The van der Waals surface area contributed by atoms with Crippen LogP contribution < -0.4 is 0 Å². The molecule has 0 bridgehead atoms. The minimum Gasteiger partial charge on any atom is -0.361 e. The molecule has 2 aromatic rings. The van der Waals surface area contributed by atoms with E-state index in [4.69, 9.17) is 5.26 Å². The van der Waals surface area contributed by atoms with E-state index in [1.165, 1.54) is 6.07 Å². The summed E-state index contributed by atoms with van der Waals surface area (Å²) in [4.78, 5) is 2.90. The van der Waals surface area contributed by atoms with E-state index in [0.717, 1.165) is 5.52 Å². The number of halogens is 1. The molecule has 0 saturated carbocycles. The van der Waals surface area contributed by atoms with E-state index in [2.05, 4.69) is 4.98 Å². The van der Waals surface area contributed by atoms with Crippen LogP contribution >= 0.6 is 0 Å². The maximum atomic E-state index is 13.0. The summed E-state index contributed by atoms with van der Waals surface area (Å²) in [6.07, 6.45) is 1.69. The molecule has 0 spiro atoms. The van der Waals surface area contributed by atoms with Gasteiger partial charge in [-0.25, -0.2) is 4.39 Å². The molecule has 0 unspecified atom stereocenters. The summed E-state index contributed by atoms with van der Waals surface area (Å²) < 4.78 is 13.0. The molecule has 0 amide bonds. The Morgan fingerprint density at radius 3 is 2.92 bits per heavy atom. The molecular weight excluding hydrogens is 155 g/mol. The van der Waals surface area contributed by atoms with Gasteiger partial charge in [-0.2, -0.15) is 5.26 Å². The Bertz CT molecular complexity index is 465. The van der Waals surface area contributed by atoms with Crippen molar-refractivity contribution in [2.24, 2.45) is 0 Å². The summed E-state index contributed by atoms with van der Waals surface area (Å²) >= 11 is 0. The van der Waals surface area contributed by atoms with Crippen LogP contribution in [-0.4, -0.2) is 4.98 Å². The number of nitrogens with one attached hydrogen (secondary N) is 1. The van der Waals surface area contributed by atoms with Gasteiger partial charge in [-0.05, 0) is 18.2 Å². The second-order valence-electron chi connectivity index (χ2n) is 2.47. The number of aromatic amines is 1. The summed E-state index contributed by atoms with van der Waals surface area (Å²) in [5, 5.41) is 9.27. The van der Waals surface area contributed by atoms with Crippen LogP contribution in [0.15, 0.2) is 24.4 Å². The first kappa shape index (κ1) is 6.86. The van der Waals surface area contributed by atoms with Crippen molar-refractivity contribution in [3.05, 3.63) is 35.8 Å². The van der Waals surface area contributed by atoms with Crippen LogP contribution in [0, 0.1) is 17.1 Å². The second-order valence-corrected chi connectivity index (χ2v) is 2.47. The molecule has 1 aromatic heterocycles. The molecule has 2 nitrogen and oxygen atoms in total. The van der Waals surface area contributed by atoms with Gasteiger partial charge in [0, 0.05) is 17.1 Å². The fraction of sp³-hybridized carbons (Fsp3) is 0. The standard InChI is InChI=1S/C9H5FN2/c10-8-1-2-9-6(3-4-12-9)7(8)5-11/h1-4,12H. The van der Waals surface area contributed by atoms with Crippen LogP contribution in [0.4, 0.5) is 4.39 Å². The molecule has 0 radical (unpaired) electrons. The van der Waals surface area contributed by atoms with Crippen LogP contribution in [-0.2, 0) is 0 Å². The number of nitrogens with zero attached hydrogens (tertiary/aromatic N) is 1. The summed E-state index contributed by atoms with van der Waals surface area (Å²) in [6.45, 7) is 0. The molecule has 58 valence electrons. The molecule has 0 aliphatic carbocycles. The number of fused-ring (bicyclic) bond motifs is 1. The van der Waals surface area contributed by atoms with Gasteiger partial charge in [-0.15, -0.1) is 0 Å². The Kier molecular flexibility index (Phi) is 1.34. The van der Waals surface area contributed by atoms with Crippen LogP contribution in [0.25, 0.3) is 10.9 Å². The number of hydrogen-bond donors (Lipinski definition) is 1. The monoisotopic (exact) mass is 160 g/mol.